The van der Waals surface area contributed by atoms with Gasteiger partial charge < -0.3 is 5.32 Å². The van der Waals surface area contributed by atoms with Crippen molar-refractivity contribution in [1.82, 2.24) is 25.5 Å². The van der Waals surface area contributed by atoms with Crippen LogP contribution in [0.3, 0.4) is 0 Å². The van der Waals surface area contributed by atoms with Gasteiger partial charge in [-0.2, -0.15) is 5.10 Å². The summed E-state index contributed by atoms with van der Waals surface area (Å²) in [6.45, 7) is 9.41. The van der Waals surface area contributed by atoms with Crippen LogP contribution in [0.1, 0.15) is 49.4 Å². The maximum atomic E-state index is 4.47. The number of rotatable bonds is 4. The fourth-order valence-electron chi connectivity index (χ4n) is 1.51. The number of thiazole rings is 1. The van der Waals surface area contributed by atoms with Gasteiger partial charge in [0.25, 0.3) is 0 Å². The van der Waals surface area contributed by atoms with E-state index in [0.717, 1.165) is 12.4 Å². The quantitative estimate of drug-likeness (QED) is 0.891. The number of aromatic amines is 1. The Balaban J connectivity index is 1.93. The molecular weight excluding hydrogens is 246 g/mol. The van der Waals surface area contributed by atoms with Gasteiger partial charge in [0.05, 0.1) is 11.0 Å². The molecule has 2 aromatic heterocycles. The van der Waals surface area contributed by atoms with Crippen LogP contribution >= 0.6 is 11.3 Å². The topological polar surface area (TPSA) is 66.5 Å². The molecule has 2 aromatic rings. The van der Waals surface area contributed by atoms with Crippen LogP contribution in [0.5, 0.6) is 0 Å². The third-order valence-corrected chi connectivity index (χ3v) is 4.04. The van der Waals surface area contributed by atoms with Crippen LogP contribution in [-0.4, -0.2) is 20.2 Å². The summed E-state index contributed by atoms with van der Waals surface area (Å²) >= 11 is 1.76. The summed E-state index contributed by atoms with van der Waals surface area (Å²) in [5.74, 6) is 0.857. The molecule has 0 aliphatic rings. The third-order valence-electron chi connectivity index (χ3n) is 2.62. The second-order valence-corrected chi connectivity index (χ2v) is 6.47. The molecular formula is C12H19N5S. The molecule has 0 spiro atoms. The molecule has 5 nitrogen and oxygen atoms in total. The highest BCUT2D eigenvalue weighted by atomic mass is 32.1. The Morgan fingerprint density at radius 2 is 2.17 bits per heavy atom. The van der Waals surface area contributed by atoms with E-state index in [0.29, 0.717) is 0 Å². The van der Waals surface area contributed by atoms with E-state index in [2.05, 4.69) is 53.2 Å². The molecule has 1 unspecified atom stereocenters. The lowest BCUT2D eigenvalue weighted by Gasteiger charge is -2.13. The number of aromatic nitrogens is 4. The number of nitrogens with zero attached hydrogens (tertiary/aromatic N) is 3. The van der Waals surface area contributed by atoms with Crippen LogP contribution in [0.15, 0.2) is 12.5 Å². The third kappa shape index (κ3) is 3.14. The van der Waals surface area contributed by atoms with E-state index in [-0.39, 0.29) is 11.5 Å². The second kappa shape index (κ2) is 5.16. The molecule has 0 aromatic carbocycles. The SMILES string of the molecule is CC(NCc1cnc(C(C)(C)C)s1)c1ncn[nH]1. The number of H-pyrrole nitrogens is 1. The van der Waals surface area contributed by atoms with E-state index in [1.165, 1.54) is 16.2 Å². The van der Waals surface area contributed by atoms with Crippen LogP contribution in [0.2, 0.25) is 0 Å². The van der Waals surface area contributed by atoms with Crippen molar-refractivity contribution in [3.8, 4) is 0 Å². The van der Waals surface area contributed by atoms with Gasteiger partial charge in [-0.05, 0) is 6.92 Å². The average molecular weight is 265 g/mol. The minimum atomic E-state index is 0.124. The van der Waals surface area contributed by atoms with Gasteiger partial charge in [-0.15, -0.1) is 11.3 Å². The highest BCUT2D eigenvalue weighted by Gasteiger charge is 2.18. The Morgan fingerprint density at radius 1 is 1.39 bits per heavy atom. The lowest BCUT2D eigenvalue weighted by Crippen LogP contribution is -2.18. The predicted octanol–water partition coefficient (Wildman–Crippen LogP) is 2.41. The lowest BCUT2D eigenvalue weighted by atomic mass is 9.98. The van der Waals surface area contributed by atoms with Gasteiger partial charge in [0.15, 0.2) is 0 Å². The first-order valence-electron chi connectivity index (χ1n) is 6.00. The number of nitrogens with one attached hydrogen (secondary N) is 2. The molecule has 2 heterocycles. The van der Waals surface area contributed by atoms with Crippen molar-refractivity contribution in [3.05, 3.63) is 28.2 Å². The Morgan fingerprint density at radius 3 is 2.72 bits per heavy atom. The van der Waals surface area contributed by atoms with Crippen molar-refractivity contribution in [2.24, 2.45) is 0 Å². The van der Waals surface area contributed by atoms with Gasteiger partial charge in [0.2, 0.25) is 0 Å². The fraction of sp³-hybridized carbons (Fsp3) is 0.583. The maximum Gasteiger partial charge on any atom is 0.141 e. The van der Waals surface area contributed by atoms with Crippen molar-refractivity contribution in [2.75, 3.05) is 0 Å². The largest absolute Gasteiger partial charge is 0.303 e. The van der Waals surface area contributed by atoms with E-state index in [1.54, 1.807) is 11.3 Å². The standard InChI is InChI=1S/C12H19N5S/c1-8(10-15-7-16-17-10)13-5-9-6-14-11(18-9)12(2,3)4/h6-8,13H,5H2,1-4H3,(H,15,16,17). The minimum Gasteiger partial charge on any atom is -0.303 e. The first-order chi connectivity index (χ1) is 8.47. The molecule has 0 amide bonds. The molecule has 0 radical (unpaired) electrons. The predicted molar refractivity (Wildman–Crippen MR) is 72.5 cm³/mol. The summed E-state index contributed by atoms with van der Waals surface area (Å²) in [6, 6.07) is 0.160. The molecule has 1 atom stereocenters. The smallest absolute Gasteiger partial charge is 0.141 e. The molecule has 0 saturated carbocycles. The number of hydrogen-bond acceptors (Lipinski definition) is 5. The van der Waals surface area contributed by atoms with Crippen molar-refractivity contribution >= 4 is 11.3 Å². The zero-order valence-electron chi connectivity index (χ0n) is 11.2. The van der Waals surface area contributed by atoms with E-state index in [9.17, 15) is 0 Å². The molecule has 2 rings (SSSR count). The van der Waals surface area contributed by atoms with E-state index >= 15 is 0 Å². The van der Waals surface area contributed by atoms with Gasteiger partial charge in [-0.25, -0.2) is 9.97 Å². The summed E-state index contributed by atoms with van der Waals surface area (Å²) < 4.78 is 0. The Kier molecular flexibility index (Phi) is 3.77. The second-order valence-electron chi connectivity index (χ2n) is 5.36. The average Bonchev–Trinajstić information content (AvgIpc) is 2.96. The van der Waals surface area contributed by atoms with Crippen LogP contribution in [-0.2, 0) is 12.0 Å². The Hall–Kier alpha value is -1.27. The highest BCUT2D eigenvalue weighted by Crippen LogP contribution is 2.26. The lowest BCUT2D eigenvalue weighted by molar-refractivity contribution is 0.551. The zero-order chi connectivity index (χ0) is 13.2. The molecule has 0 aliphatic carbocycles. The van der Waals surface area contributed by atoms with E-state index < -0.39 is 0 Å². The number of hydrogen-bond donors (Lipinski definition) is 2. The molecule has 98 valence electrons. The van der Waals surface area contributed by atoms with Crippen molar-refractivity contribution in [2.45, 2.75) is 45.7 Å². The van der Waals surface area contributed by atoms with Gasteiger partial charge in [0, 0.05) is 23.0 Å². The summed E-state index contributed by atoms with van der Waals surface area (Å²) in [6.07, 6.45) is 3.48. The molecule has 2 N–H and O–H groups in total. The first-order valence-corrected chi connectivity index (χ1v) is 6.82. The van der Waals surface area contributed by atoms with Crippen LogP contribution in [0.25, 0.3) is 0 Å². The molecule has 0 saturated heterocycles. The molecule has 0 fully saturated rings. The van der Waals surface area contributed by atoms with Crippen molar-refractivity contribution < 1.29 is 0 Å². The zero-order valence-corrected chi connectivity index (χ0v) is 12.0. The normalized spacial score (nSPS) is 13.8. The maximum absolute atomic E-state index is 4.47. The summed E-state index contributed by atoms with van der Waals surface area (Å²) in [5.41, 5.74) is 0.124. The molecule has 0 aliphatic heterocycles. The van der Waals surface area contributed by atoms with E-state index in [1.807, 2.05) is 6.20 Å². The Labute approximate surface area is 111 Å². The summed E-state index contributed by atoms with van der Waals surface area (Å²) in [5, 5.41) is 11.3. The minimum absolute atomic E-state index is 0.124. The van der Waals surface area contributed by atoms with E-state index in [4.69, 9.17) is 0 Å². The monoisotopic (exact) mass is 265 g/mol. The molecule has 6 heteroatoms. The van der Waals surface area contributed by atoms with Gasteiger partial charge in [-0.1, -0.05) is 20.8 Å². The highest BCUT2D eigenvalue weighted by molar-refractivity contribution is 7.11. The van der Waals surface area contributed by atoms with Crippen LogP contribution in [0, 0.1) is 0 Å². The van der Waals surface area contributed by atoms with Crippen LogP contribution < -0.4 is 5.32 Å². The summed E-state index contributed by atoms with van der Waals surface area (Å²) in [7, 11) is 0. The van der Waals surface area contributed by atoms with Crippen LogP contribution in [0.4, 0.5) is 0 Å². The first kappa shape index (κ1) is 13.2. The molecule has 0 bridgehead atoms. The Bertz CT molecular complexity index is 483. The molecule has 18 heavy (non-hydrogen) atoms. The van der Waals surface area contributed by atoms with Crippen molar-refractivity contribution in [1.29, 1.82) is 0 Å². The van der Waals surface area contributed by atoms with Gasteiger partial charge >= 0.3 is 0 Å². The van der Waals surface area contributed by atoms with Gasteiger partial charge in [-0.3, -0.25) is 5.10 Å². The van der Waals surface area contributed by atoms with Crippen molar-refractivity contribution in [3.63, 3.8) is 0 Å². The van der Waals surface area contributed by atoms with Gasteiger partial charge in [0.1, 0.15) is 12.2 Å². The summed E-state index contributed by atoms with van der Waals surface area (Å²) in [4.78, 5) is 9.84. The fourth-order valence-corrected chi connectivity index (χ4v) is 2.43.